The number of nitrogens with one attached hydrogen (secondary N) is 1. The third-order valence-electron chi connectivity index (χ3n) is 5.87. The summed E-state index contributed by atoms with van der Waals surface area (Å²) in [5.41, 5.74) is 0.833. The van der Waals surface area contributed by atoms with Crippen LogP contribution in [0.15, 0.2) is 22.7 Å². The van der Waals surface area contributed by atoms with Crippen LogP contribution in [-0.2, 0) is 26.3 Å². The van der Waals surface area contributed by atoms with E-state index in [0.29, 0.717) is 31.7 Å². The number of hydrogen-bond acceptors (Lipinski definition) is 6. The quantitative estimate of drug-likeness (QED) is 0.558. The molecule has 1 N–H and O–H groups in total. The van der Waals surface area contributed by atoms with Crippen LogP contribution in [0.4, 0.5) is 4.79 Å². The molecule has 184 valence electrons. The lowest BCUT2D eigenvalue weighted by atomic mass is 9.98. The minimum Gasteiger partial charge on any atom is -0.496 e. The minimum absolute atomic E-state index is 0.141. The number of benzene rings is 1. The lowest BCUT2D eigenvalue weighted by Crippen LogP contribution is -2.56. The number of ether oxygens (including phenoxy) is 2. The van der Waals surface area contributed by atoms with Crippen LogP contribution in [0, 0.1) is 5.92 Å². The van der Waals surface area contributed by atoms with Gasteiger partial charge in [-0.05, 0) is 38.0 Å². The molecule has 0 saturated carbocycles. The predicted molar refractivity (Wildman–Crippen MR) is 126 cm³/mol. The summed E-state index contributed by atoms with van der Waals surface area (Å²) in [6.45, 7) is 3.80. The van der Waals surface area contributed by atoms with Gasteiger partial charge in [0.25, 0.3) is 10.2 Å². The molecule has 2 aliphatic rings. The van der Waals surface area contributed by atoms with E-state index in [-0.39, 0.29) is 45.2 Å². The number of piperazine rings is 1. The highest BCUT2D eigenvalue weighted by molar-refractivity contribution is 9.10. The van der Waals surface area contributed by atoms with Gasteiger partial charge in [0.2, 0.25) is 5.91 Å². The van der Waals surface area contributed by atoms with Gasteiger partial charge < -0.3 is 19.7 Å². The van der Waals surface area contributed by atoms with E-state index >= 15 is 0 Å². The maximum absolute atomic E-state index is 13.2. The van der Waals surface area contributed by atoms with Gasteiger partial charge >= 0.3 is 6.09 Å². The topological polar surface area (TPSA) is 108 Å². The Morgan fingerprint density at radius 2 is 1.88 bits per heavy atom. The van der Waals surface area contributed by atoms with Crippen LogP contribution in [0.5, 0.6) is 5.75 Å². The Balaban J connectivity index is 1.56. The van der Waals surface area contributed by atoms with E-state index in [9.17, 15) is 18.0 Å². The molecule has 1 atom stereocenters. The first-order chi connectivity index (χ1) is 15.8. The van der Waals surface area contributed by atoms with E-state index in [0.717, 1.165) is 10.0 Å². The number of amides is 2. The number of hydrogen-bond donors (Lipinski definition) is 1. The van der Waals surface area contributed by atoms with Crippen LogP contribution in [0.2, 0.25) is 0 Å². The first-order valence-corrected chi connectivity index (χ1v) is 13.2. The third-order valence-corrected chi connectivity index (χ3v) is 8.36. The average Bonchev–Trinajstić information content (AvgIpc) is 2.83. The smallest absolute Gasteiger partial charge is 0.409 e. The molecule has 2 fully saturated rings. The first-order valence-electron chi connectivity index (χ1n) is 11.0. The average molecular weight is 547 g/mol. The van der Waals surface area contributed by atoms with Crippen molar-refractivity contribution < 1.29 is 27.5 Å². The molecule has 12 heteroatoms. The summed E-state index contributed by atoms with van der Waals surface area (Å²) in [4.78, 5) is 26.2. The van der Waals surface area contributed by atoms with E-state index in [4.69, 9.17) is 9.47 Å². The summed E-state index contributed by atoms with van der Waals surface area (Å²) in [6, 6.07) is 5.56. The molecule has 2 aliphatic heterocycles. The lowest BCUT2D eigenvalue weighted by Gasteiger charge is -2.38. The number of nitrogens with zero attached hydrogens (tertiary/aromatic N) is 3. The maximum atomic E-state index is 13.2. The van der Waals surface area contributed by atoms with Gasteiger partial charge in [0.15, 0.2) is 0 Å². The van der Waals surface area contributed by atoms with Crippen molar-refractivity contribution in [1.82, 2.24) is 18.8 Å². The van der Waals surface area contributed by atoms with Crippen LogP contribution < -0.4 is 10.1 Å². The van der Waals surface area contributed by atoms with Gasteiger partial charge in [-0.15, -0.1) is 0 Å². The Bertz CT molecular complexity index is 952. The van der Waals surface area contributed by atoms with E-state index in [1.165, 1.54) is 13.5 Å². The molecule has 0 aromatic heterocycles. The standard InChI is InChI=1S/C21H31BrN4O6S/c1-3-32-21(28)24-9-11-25(12-10-24)33(29,30)26-8-4-5-16(15-26)20(27)23-14-17-13-18(22)6-7-19(17)31-2/h6-7,13,16H,3-5,8-12,14-15H2,1-2H3,(H,23,27). The molecule has 1 unspecified atom stereocenters. The number of carbonyl (C=O) groups excluding carboxylic acids is 2. The number of halogens is 1. The molecule has 0 aliphatic carbocycles. The second-order valence-electron chi connectivity index (χ2n) is 7.96. The molecule has 2 amide bonds. The number of methoxy groups -OCH3 is 1. The molecule has 0 bridgehead atoms. The monoisotopic (exact) mass is 546 g/mol. The summed E-state index contributed by atoms with van der Waals surface area (Å²) < 4.78 is 40.3. The molecule has 0 spiro atoms. The fourth-order valence-corrected chi connectivity index (χ4v) is 6.15. The molecule has 33 heavy (non-hydrogen) atoms. The zero-order valence-electron chi connectivity index (χ0n) is 19.0. The Morgan fingerprint density at radius 3 is 2.55 bits per heavy atom. The van der Waals surface area contributed by atoms with Gasteiger partial charge in [0, 0.05) is 55.8 Å². The highest BCUT2D eigenvalue weighted by Crippen LogP contribution is 2.25. The maximum Gasteiger partial charge on any atom is 0.409 e. The molecule has 0 radical (unpaired) electrons. The van der Waals surface area contributed by atoms with Crippen LogP contribution >= 0.6 is 15.9 Å². The zero-order chi connectivity index (χ0) is 24.0. The highest BCUT2D eigenvalue weighted by atomic mass is 79.9. The molecular formula is C21H31BrN4O6S. The fraction of sp³-hybridized carbons (Fsp3) is 0.619. The Kier molecular flexibility index (Phi) is 8.96. The summed E-state index contributed by atoms with van der Waals surface area (Å²) >= 11 is 3.42. The predicted octanol–water partition coefficient (Wildman–Crippen LogP) is 1.80. The fourth-order valence-electron chi connectivity index (χ4n) is 4.06. The van der Waals surface area contributed by atoms with Crippen LogP contribution in [0.1, 0.15) is 25.3 Å². The van der Waals surface area contributed by atoms with Crippen LogP contribution in [0.25, 0.3) is 0 Å². The Morgan fingerprint density at radius 1 is 1.15 bits per heavy atom. The molecule has 2 saturated heterocycles. The van der Waals surface area contributed by atoms with Crippen molar-refractivity contribution in [2.75, 3.05) is 53.0 Å². The SMILES string of the molecule is CCOC(=O)N1CCN(S(=O)(=O)N2CCCC(C(=O)NCc3cc(Br)ccc3OC)C2)CC1. The summed E-state index contributed by atoms with van der Waals surface area (Å²) in [7, 11) is -2.14. The Labute approximate surface area is 203 Å². The number of rotatable bonds is 7. The van der Waals surface area contributed by atoms with Crippen molar-refractivity contribution >= 4 is 38.1 Å². The van der Waals surface area contributed by atoms with Gasteiger partial charge in [-0.25, -0.2) is 4.79 Å². The highest BCUT2D eigenvalue weighted by Gasteiger charge is 2.37. The zero-order valence-corrected chi connectivity index (χ0v) is 21.4. The van der Waals surface area contributed by atoms with Crippen molar-refractivity contribution in [3.8, 4) is 5.75 Å². The van der Waals surface area contributed by atoms with Gasteiger partial charge in [-0.3, -0.25) is 4.79 Å². The van der Waals surface area contributed by atoms with Gasteiger partial charge in [0.05, 0.1) is 19.6 Å². The number of carbonyl (C=O) groups is 2. The molecule has 10 nitrogen and oxygen atoms in total. The van der Waals surface area contributed by atoms with Crippen LogP contribution in [-0.4, -0.2) is 86.9 Å². The number of piperidine rings is 1. The van der Waals surface area contributed by atoms with E-state index < -0.39 is 22.2 Å². The van der Waals surface area contributed by atoms with Crippen molar-refractivity contribution in [2.45, 2.75) is 26.3 Å². The third kappa shape index (κ3) is 6.37. The molecule has 1 aromatic carbocycles. The van der Waals surface area contributed by atoms with Gasteiger partial charge in [-0.1, -0.05) is 15.9 Å². The summed E-state index contributed by atoms with van der Waals surface area (Å²) in [5.74, 6) is 0.0739. The second-order valence-corrected chi connectivity index (χ2v) is 10.8. The van der Waals surface area contributed by atoms with E-state index in [2.05, 4.69) is 21.2 Å². The summed E-state index contributed by atoms with van der Waals surface area (Å²) in [5, 5.41) is 2.92. The Hall–Kier alpha value is -1.89. The van der Waals surface area contributed by atoms with Crippen molar-refractivity contribution in [3.63, 3.8) is 0 Å². The molecular weight excluding hydrogens is 516 g/mol. The van der Waals surface area contributed by atoms with Crippen molar-refractivity contribution in [1.29, 1.82) is 0 Å². The lowest BCUT2D eigenvalue weighted by molar-refractivity contribution is -0.126. The normalized spacial score (nSPS) is 20.3. The van der Waals surface area contributed by atoms with Crippen LogP contribution in [0.3, 0.4) is 0 Å². The van der Waals surface area contributed by atoms with Crippen molar-refractivity contribution in [2.24, 2.45) is 5.92 Å². The second kappa shape index (κ2) is 11.5. The molecule has 3 rings (SSSR count). The van der Waals surface area contributed by atoms with E-state index in [1.54, 1.807) is 14.0 Å². The molecule has 2 heterocycles. The van der Waals surface area contributed by atoms with Crippen molar-refractivity contribution in [3.05, 3.63) is 28.2 Å². The van der Waals surface area contributed by atoms with Gasteiger partial charge in [0.1, 0.15) is 5.75 Å². The summed E-state index contributed by atoms with van der Waals surface area (Å²) in [6.07, 6.45) is 0.816. The first kappa shape index (κ1) is 25.7. The molecule has 1 aromatic rings. The largest absolute Gasteiger partial charge is 0.496 e. The van der Waals surface area contributed by atoms with E-state index in [1.807, 2.05) is 18.2 Å². The van der Waals surface area contributed by atoms with Gasteiger partial charge in [-0.2, -0.15) is 17.0 Å². The minimum atomic E-state index is -3.71.